The Morgan fingerprint density at radius 3 is 2.54 bits per heavy atom. The lowest BCUT2D eigenvalue weighted by Crippen LogP contribution is -2.42. The van der Waals surface area contributed by atoms with E-state index in [4.69, 9.17) is 9.47 Å². The number of ether oxygens (including phenoxy) is 2. The van der Waals surface area contributed by atoms with Crippen molar-refractivity contribution in [3.05, 3.63) is 35.7 Å². The lowest BCUT2D eigenvalue weighted by Gasteiger charge is -2.31. The molecule has 1 aromatic carbocycles. The molecule has 1 saturated carbocycles. The maximum absolute atomic E-state index is 14.2. The number of aromatic nitrogens is 3. The van der Waals surface area contributed by atoms with Gasteiger partial charge in [0.05, 0.1) is 18.5 Å². The van der Waals surface area contributed by atoms with Crippen molar-refractivity contribution in [2.24, 2.45) is 5.92 Å². The second-order valence-corrected chi connectivity index (χ2v) is 10.1. The minimum atomic E-state index is -2.86. The first-order valence-electron chi connectivity index (χ1n) is 13.3. The Labute approximate surface area is 223 Å². The summed E-state index contributed by atoms with van der Waals surface area (Å²) in [6, 6.07) is 6.63. The number of carbonyl (C=O) groups is 2. The summed E-state index contributed by atoms with van der Waals surface area (Å²) in [5.74, 6) is -0.120. The molecule has 3 aromatic rings. The molecule has 10 nitrogen and oxygen atoms in total. The summed E-state index contributed by atoms with van der Waals surface area (Å²) < 4.78 is 41.2. The third-order valence-electron chi connectivity index (χ3n) is 7.38. The summed E-state index contributed by atoms with van der Waals surface area (Å²) in [6.45, 7) is 1.91. The number of alkyl halides is 2. The number of methoxy groups -OCH3 is 1. The van der Waals surface area contributed by atoms with Gasteiger partial charge in [-0.1, -0.05) is 0 Å². The molecule has 2 amide bonds. The highest BCUT2D eigenvalue weighted by Crippen LogP contribution is 2.38. The van der Waals surface area contributed by atoms with E-state index in [0.29, 0.717) is 35.7 Å². The number of nitrogens with one attached hydrogen (secondary N) is 2. The molecule has 3 fully saturated rings. The van der Waals surface area contributed by atoms with E-state index < -0.39 is 18.5 Å². The van der Waals surface area contributed by atoms with Crippen molar-refractivity contribution in [1.82, 2.24) is 19.4 Å². The van der Waals surface area contributed by atoms with Crippen LogP contribution < -0.4 is 15.4 Å². The van der Waals surface area contributed by atoms with Crippen molar-refractivity contribution < 1.29 is 27.8 Å². The largest absolute Gasteiger partial charge is 0.495 e. The molecule has 12 heteroatoms. The highest BCUT2D eigenvalue weighted by molar-refractivity contribution is 5.98. The van der Waals surface area contributed by atoms with Gasteiger partial charge in [0, 0.05) is 37.2 Å². The number of hydrogen-bond donors (Lipinski definition) is 2. The first kappa shape index (κ1) is 25.5. The monoisotopic (exact) mass is 540 g/mol. The van der Waals surface area contributed by atoms with Crippen molar-refractivity contribution >= 4 is 40.2 Å². The molecule has 0 radical (unpaired) electrons. The van der Waals surface area contributed by atoms with E-state index in [9.17, 15) is 18.4 Å². The summed E-state index contributed by atoms with van der Waals surface area (Å²) in [4.78, 5) is 35.9. The van der Waals surface area contributed by atoms with Gasteiger partial charge < -0.3 is 25.0 Å². The third kappa shape index (κ3) is 5.00. The second kappa shape index (κ2) is 10.4. The van der Waals surface area contributed by atoms with Crippen LogP contribution in [0.2, 0.25) is 0 Å². The molecule has 6 rings (SSSR count). The molecule has 4 heterocycles. The zero-order chi connectivity index (χ0) is 27.1. The number of carbonyl (C=O) groups excluding carboxylic acids is 2. The van der Waals surface area contributed by atoms with E-state index in [1.807, 2.05) is 0 Å². The van der Waals surface area contributed by atoms with Gasteiger partial charge in [-0.15, -0.1) is 0 Å². The Morgan fingerprint density at radius 1 is 1.08 bits per heavy atom. The van der Waals surface area contributed by atoms with Crippen LogP contribution in [0, 0.1) is 5.92 Å². The Hall–Kier alpha value is -3.80. The lowest BCUT2D eigenvalue weighted by atomic mass is 10.1. The average Bonchev–Trinajstić information content (AvgIpc) is 3.68. The predicted octanol–water partition coefficient (Wildman–Crippen LogP) is 5.01. The van der Waals surface area contributed by atoms with Crippen LogP contribution in [0.3, 0.4) is 0 Å². The van der Waals surface area contributed by atoms with Crippen LogP contribution in [0.15, 0.2) is 24.3 Å². The van der Waals surface area contributed by atoms with Gasteiger partial charge in [0.25, 0.3) is 12.3 Å². The molecule has 1 atom stereocenters. The van der Waals surface area contributed by atoms with Crippen LogP contribution in [0.25, 0.3) is 11.2 Å². The minimum absolute atomic E-state index is 0.0706. The van der Waals surface area contributed by atoms with Crippen LogP contribution >= 0.6 is 0 Å². The molecule has 206 valence electrons. The second-order valence-electron chi connectivity index (χ2n) is 10.1. The van der Waals surface area contributed by atoms with E-state index >= 15 is 0 Å². The maximum Gasteiger partial charge on any atom is 0.295 e. The lowest BCUT2D eigenvalue weighted by molar-refractivity contribution is -0.117. The molecule has 2 saturated heterocycles. The molecule has 39 heavy (non-hydrogen) atoms. The highest BCUT2D eigenvalue weighted by Gasteiger charge is 2.32. The normalized spacial score (nSPS) is 19.2. The first-order valence-corrected chi connectivity index (χ1v) is 13.3. The first-order chi connectivity index (χ1) is 18.9. The van der Waals surface area contributed by atoms with E-state index in [1.54, 1.807) is 29.2 Å². The van der Waals surface area contributed by atoms with Crippen molar-refractivity contribution in [2.45, 2.75) is 51.2 Å². The fourth-order valence-electron chi connectivity index (χ4n) is 4.95. The molecular weight excluding hydrogens is 510 g/mol. The fourth-order valence-corrected chi connectivity index (χ4v) is 4.95. The van der Waals surface area contributed by atoms with Crippen LogP contribution in [0.5, 0.6) is 5.75 Å². The van der Waals surface area contributed by atoms with Gasteiger partial charge in [0.2, 0.25) is 5.91 Å². The van der Waals surface area contributed by atoms with E-state index in [2.05, 4.69) is 20.6 Å². The minimum Gasteiger partial charge on any atom is -0.495 e. The van der Waals surface area contributed by atoms with Gasteiger partial charge in [0.15, 0.2) is 11.5 Å². The number of nitrogens with zero attached hydrogens (tertiary/aromatic N) is 4. The van der Waals surface area contributed by atoms with Crippen molar-refractivity contribution in [2.75, 3.05) is 37.4 Å². The molecule has 2 aliphatic heterocycles. The number of likely N-dealkylation sites (tertiary alicyclic amines) is 1. The number of rotatable bonds is 8. The Bertz CT molecular complexity index is 1410. The molecule has 1 unspecified atom stereocenters. The van der Waals surface area contributed by atoms with Gasteiger partial charge in [-0.2, -0.15) is 0 Å². The van der Waals surface area contributed by atoms with Gasteiger partial charge >= 0.3 is 0 Å². The van der Waals surface area contributed by atoms with Gasteiger partial charge in [0.1, 0.15) is 23.3 Å². The van der Waals surface area contributed by atoms with Gasteiger partial charge in [-0.05, 0) is 56.7 Å². The Balaban J connectivity index is 1.43. The number of hydrogen-bond acceptors (Lipinski definition) is 7. The maximum atomic E-state index is 14.2. The van der Waals surface area contributed by atoms with Crippen molar-refractivity contribution in [3.63, 3.8) is 0 Å². The number of halogens is 2. The molecule has 2 aromatic heterocycles. The topological polar surface area (TPSA) is 111 Å². The standard InChI is InChI=1S/C27H30F2N6O4/c1-38-19-13-16(27(37)34-10-4-11-34)8-9-17(19)30-18-14-20(32-26(36)15-6-7-15)31-24-22(18)33-25(23(28)29)35(24)21-5-2-3-12-39-21/h8-9,13-15,21,23H,2-7,10-12H2,1H3,(H2,30,31,32,36). The SMILES string of the molecule is COc1cc(C(=O)N2CCC2)ccc1Nc1cc(NC(=O)C2CC2)nc2c1nc(C(F)F)n2C1CCCCO1. The molecular formula is C27H30F2N6O4. The smallest absolute Gasteiger partial charge is 0.295 e. The predicted molar refractivity (Wildman–Crippen MR) is 139 cm³/mol. The van der Waals surface area contributed by atoms with Crippen LogP contribution in [0.1, 0.15) is 67.4 Å². The third-order valence-corrected chi connectivity index (χ3v) is 7.38. The van der Waals surface area contributed by atoms with Crippen molar-refractivity contribution in [1.29, 1.82) is 0 Å². The summed E-state index contributed by atoms with van der Waals surface area (Å²) in [7, 11) is 1.49. The highest BCUT2D eigenvalue weighted by atomic mass is 19.3. The quantitative estimate of drug-likeness (QED) is 0.413. The van der Waals surface area contributed by atoms with Gasteiger partial charge in [-0.25, -0.2) is 18.7 Å². The summed E-state index contributed by atoms with van der Waals surface area (Å²) in [6.07, 6.45) is 1.34. The molecule has 1 aliphatic carbocycles. The number of fused-ring (bicyclic) bond motifs is 1. The zero-order valence-electron chi connectivity index (χ0n) is 21.6. The summed E-state index contributed by atoms with van der Waals surface area (Å²) >= 11 is 0. The molecule has 0 bridgehead atoms. The van der Waals surface area contributed by atoms with Crippen LogP contribution in [-0.2, 0) is 9.53 Å². The van der Waals surface area contributed by atoms with E-state index in [1.165, 1.54) is 11.7 Å². The van der Waals surface area contributed by atoms with Crippen LogP contribution in [0.4, 0.5) is 26.0 Å². The van der Waals surface area contributed by atoms with E-state index in [0.717, 1.165) is 45.2 Å². The number of anilines is 3. The number of pyridine rings is 1. The van der Waals surface area contributed by atoms with E-state index in [-0.39, 0.29) is 34.7 Å². The van der Waals surface area contributed by atoms with Gasteiger partial charge in [-0.3, -0.25) is 14.2 Å². The Kier molecular flexibility index (Phi) is 6.79. The summed E-state index contributed by atoms with van der Waals surface area (Å²) in [5.41, 5.74) is 1.77. The van der Waals surface area contributed by atoms with Crippen molar-refractivity contribution in [3.8, 4) is 5.75 Å². The fraction of sp³-hybridized carbons (Fsp3) is 0.481. The molecule has 3 aliphatic rings. The number of imidazole rings is 1. The average molecular weight is 541 g/mol. The number of amides is 2. The Morgan fingerprint density at radius 2 is 1.90 bits per heavy atom. The molecule has 2 N–H and O–H groups in total. The zero-order valence-corrected chi connectivity index (χ0v) is 21.6. The number of benzene rings is 1. The summed E-state index contributed by atoms with van der Waals surface area (Å²) in [5, 5.41) is 6.06. The van der Waals surface area contributed by atoms with Crippen LogP contribution in [-0.4, -0.2) is 58.1 Å². The molecule has 0 spiro atoms.